The number of hydrogen-bond acceptors (Lipinski definition) is 5. The van der Waals surface area contributed by atoms with Crippen molar-refractivity contribution in [1.82, 2.24) is 0 Å². The number of carbonyl (C=O) groups is 2. The highest BCUT2D eigenvalue weighted by Crippen LogP contribution is 2.31. The summed E-state index contributed by atoms with van der Waals surface area (Å²) in [6.45, 7) is 19.2. The average Bonchev–Trinajstić information content (AvgIpc) is 3.28. The van der Waals surface area contributed by atoms with Gasteiger partial charge in [-0.2, -0.15) is 0 Å². The molecule has 0 saturated heterocycles. The second kappa shape index (κ2) is 22.2. The van der Waals surface area contributed by atoms with Crippen molar-refractivity contribution in [2.24, 2.45) is 23.5 Å². The first-order valence-corrected chi connectivity index (χ1v) is 14.4. The van der Waals surface area contributed by atoms with E-state index < -0.39 is 0 Å². The molecule has 1 aromatic heterocycles. The van der Waals surface area contributed by atoms with Crippen LogP contribution in [0.2, 0.25) is 0 Å². The molecule has 1 heterocycles. The fourth-order valence-corrected chi connectivity index (χ4v) is 4.28. The maximum Gasteiger partial charge on any atom is 0.348 e. The summed E-state index contributed by atoms with van der Waals surface area (Å²) in [5.41, 5.74) is 6.95. The number of hydrogen-bond donors (Lipinski definition) is 1. The summed E-state index contributed by atoms with van der Waals surface area (Å²) in [6, 6.07) is 12.0. The first kappa shape index (κ1) is 36.2. The second-order valence-corrected chi connectivity index (χ2v) is 10.3. The molecule has 0 unspecified atom stereocenters. The number of aryl methyl sites for hydroxylation is 1. The Morgan fingerprint density at radius 2 is 1.53 bits per heavy atom. The van der Waals surface area contributed by atoms with E-state index in [-0.39, 0.29) is 5.97 Å². The third-order valence-corrected chi connectivity index (χ3v) is 7.02. The SMILES string of the molecule is CC.CC(=O)C1CCC(C)CC1.CCC(C)C.CCN.COC(=O)c1sc(-c2ccccc2)cc1C. The summed E-state index contributed by atoms with van der Waals surface area (Å²) < 4.78 is 4.74. The monoisotopic (exact) mass is 519 g/mol. The summed E-state index contributed by atoms with van der Waals surface area (Å²) in [5, 5.41) is 0. The molecule has 1 fully saturated rings. The third-order valence-electron chi connectivity index (χ3n) is 5.75. The van der Waals surface area contributed by atoms with E-state index in [1.54, 1.807) is 6.92 Å². The number of nitrogens with two attached hydrogens (primary N) is 1. The van der Waals surface area contributed by atoms with Gasteiger partial charge in [0.05, 0.1) is 7.11 Å². The van der Waals surface area contributed by atoms with E-state index in [2.05, 4.69) is 27.7 Å². The summed E-state index contributed by atoms with van der Waals surface area (Å²) in [5.74, 6) is 2.28. The minimum atomic E-state index is -0.260. The Bertz CT molecular complexity index is 806. The van der Waals surface area contributed by atoms with Crippen molar-refractivity contribution in [3.63, 3.8) is 0 Å². The standard InChI is InChI=1S/C13H12O2S.C9H16O.C5H12.C2H7N.C2H6/c1-9-8-11(10-6-4-3-5-7-10)16-12(9)13(14)15-2;1-7-3-5-9(6-4-7)8(2)10;1-4-5(2)3;1-2-3;1-2/h3-8H,1-2H3;7,9H,3-6H2,1-2H3;5H,4H2,1-3H3;2-3H2,1H3;1-2H3. The molecule has 0 aliphatic heterocycles. The van der Waals surface area contributed by atoms with E-state index in [1.807, 2.05) is 64.1 Å². The molecule has 1 aliphatic rings. The highest BCUT2D eigenvalue weighted by Gasteiger charge is 2.20. The van der Waals surface area contributed by atoms with Crippen molar-refractivity contribution in [2.75, 3.05) is 13.7 Å². The molecule has 0 radical (unpaired) electrons. The number of esters is 1. The van der Waals surface area contributed by atoms with Gasteiger partial charge in [0.25, 0.3) is 0 Å². The summed E-state index contributed by atoms with van der Waals surface area (Å²) in [7, 11) is 1.41. The van der Waals surface area contributed by atoms with E-state index in [0.717, 1.165) is 47.2 Å². The number of ether oxygens (including phenoxy) is 1. The molecule has 2 N–H and O–H groups in total. The van der Waals surface area contributed by atoms with E-state index in [0.29, 0.717) is 16.6 Å². The second-order valence-electron chi connectivity index (χ2n) is 9.26. The number of thiophene rings is 1. The van der Waals surface area contributed by atoms with Crippen molar-refractivity contribution >= 4 is 23.1 Å². The Morgan fingerprint density at radius 1 is 1.06 bits per heavy atom. The molecule has 5 heteroatoms. The lowest BCUT2D eigenvalue weighted by Gasteiger charge is -2.23. The van der Waals surface area contributed by atoms with Gasteiger partial charge in [0.1, 0.15) is 10.7 Å². The lowest BCUT2D eigenvalue weighted by molar-refractivity contribution is -0.121. The topological polar surface area (TPSA) is 69.4 Å². The zero-order valence-electron chi connectivity index (χ0n) is 24.6. The van der Waals surface area contributed by atoms with Crippen molar-refractivity contribution in [3.05, 3.63) is 46.8 Å². The van der Waals surface area contributed by atoms with E-state index in [1.165, 1.54) is 37.7 Å². The fraction of sp³-hybridized carbons (Fsp3) is 0.613. The lowest BCUT2D eigenvalue weighted by Crippen LogP contribution is -2.18. The van der Waals surface area contributed by atoms with Crippen molar-refractivity contribution in [3.8, 4) is 10.4 Å². The summed E-state index contributed by atoms with van der Waals surface area (Å²) in [6.07, 6.45) is 6.08. The van der Waals surface area contributed by atoms with Crippen LogP contribution in [0, 0.1) is 24.7 Å². The molecule has 1 aliphatic carbocycles. The normalized spacial score (nSPS) is 15.9. The van der Waals surface area contributed by atoms with Crippen LogP contribution in [0.3, 0.4) is 0 Å². The maximum atomic E-state index is 11.5. The smallest absolute Gasteiger partial charge is 0.348 e. The van der Waals surface area contributed by atoms with E-state index in [4.69, 9.17) is 10.5 Å². The molecule has 0 atom stereocenters. The van der Waals surface area contributed by atoms with Crippen LogP contribution < -0.4 is 5.73 Å². The van der Waals surface area contributed by atoms with Crippen LogP contribution in [-0.2, 0) is 9.53 Å². The van der Waals surface area contributed by atoms with Gasteiger partial charge in [0.2, 0.25) is 0 Å². The Balaban J connectivity index is 0. The van der Waals surface area contributed by atoms with Crippen LogP contribution in [0.15, 0.2) is 36.4 Å². The minimum absolute atomic E-state index is 0.260. The van der Waals surface area contributed by atoms with Crippen LogP contribution in [0.25, 0.3) is 10.4 Å². The van der Waals surface area contributed by atoms with E-state index >= 15 is 0 Å². The lowest BCUT2D eigenvalue weighted by atomic mass is 9.81. The Labute approximate surface area is 226 Å². The number of carbonyl (C=O) groups excluding carboxylic acids is 2. The molecule has 3 rings (SSSR count). The predicted octanol–water partition coefficient (Wildman–Crippen LogP) is 8.96. The van der Waals surface area contributed by atoms with Gasteiger partial charge >= 0.3 is 5.97 Å². The van der Waals surface area contributed by atoms with Gasteiger partial charge in [-0.25, -0.2) is 4.79 Å². The zero-order chi connectivity index (χ0) is 28.1. The molecular weight excluding hydrogens is 466 g/mol. The number of benzene rings is 1. The Kier molecular flexibility index (Phi) is 22.3. The first-order chi connectivity index (χ1) is 17.1. The largest absolute Gasteiger partial charge is 0.465 e. The van der Waals surface area contributed by atoms with Crippen LogP contribution in [0.4, 0.5) is 0 Å². The quantitative estimate of drug-likeness (QED) is 0.409. The van der Waals surface area contributed by atoms with Crippen molar-refractivity contribution in [1.29, 1.82) is 0 Å². The van der Waals surface area contributed by atoms with Crippen molar-refractivity contribution < 1.29 is 14.3 Å². The van der Waals surface area contributed by atoms with Gasteiger partial charge in [-0.05, 0) is 62.3 Å². The van der Waals surface area contributed by atoms with Gasteiger partial charge in [-0.1, -0.05) is 98.1 Å². The zero-order valence-corrected chi connectivity index (χ0v) is 25.5. The number of Topliss-reactive ketones (excluding diaryl/α,β-unsaturated/α-hetero) is 1. The Hall–Kier alpha value is -1.98. The molecule has 0 bridgehead atoms. The third kappa shape index (κ3) is 15.9. The molecule has 206 valence electrons. The molecule has 1 aromatic carbocycles. The minimum Gasteiger partial charge on any atom is -0.465 e. The summed E-state index contributed by atoms with van der Waals surface area (Å²) in [4.78, 5) is 24.2. The average molecular weight is 520 g/mol. The van der Waals surface area contributed by atoms with Crippen LogP contribution in [0.5, 0.6) is 0 Å². The van der Waals surface area contributed by atoms with Gasteiger partial charge in [-0.15, -0.1) is 11.3 Å². The molecule has 1 saturated carbocycles. The predicted molar refractivity (Wildman–Crippen MR) is 159 cm³/mol. The highest BCUT2D eigenvalue weighted by molar-refractivity contribution is 7.17. The van der Waals surface area contributed by atoms with Gasteiger partial charge < -0.3 is 10.5 Å². The Morgan fingerprint density at radius 3 is 1.92 bits per heavy atom. The van der Waals surface area contributed by atoms with Gasteiger partial charge in [-0.3, -0.25) is 4.79 Å². The molecular formula is C31H53NO3S. The van der Waals surface area contributed by atoms with E-state index in [9.17, 15) is 9.59 Å². The molecule has 2 aromatic rings. The van der Waals surface area contributed by atoms with Crippen LogP contribution >= 0.6 is 11.3 Å². The fourth-order valence-electron chi connectivity index (χ4n) is 3.19. The summed E-state index contributed by atoms with van der Waals surface area (Å²) >= 11 is 1.47. The molecule has 4 nitrogen and oxygen atoms in total. The number of rotatable bonds is 4. The number of methoxy groups -OCH3 is 1. The maximum absolute atomic E-state index is 11.5. The van der Waals surface area contributed by atoms with Gasteiger partial charge in [0, 0.05) is 10.8 Å². The number of ketones is 1. The molecule has 0 spiro atoms. The van der Waals surface area contributed by atoms with Crippen LogP contribution in [-0.4, -0.2) is 25.4 Å². The molecule has 0 amide bonds. The van der Waals surface area contributed by atoms with Crippen LogP contribution in [0.1, 0.15) is 103 Å². The first-order valence-electron chi connectivity index (χ1n) is 13.6. The van der Waals surface area contributed by atoms with Gasteiger partial charge in [0.15, 0.2) is 0 Å². The highest BCUT2D eigenvalue weighted by atomic mass is 32.1. The molecule has 36 heavy (non-hydrogen) atoms. The van der Waals surface area contributed by atoms with Crippen molar-refractivity contribution in [2.45, 2.75) is 94.4 Å².